The van der Waals surface area contributed by atoms with Gasteiger partial charge in [-0.1, -0.05) is 0 Å². The molecule has 40 heavy (non-hydrogen) atoms. The van der Waals surface area contributed by atoms with Crippen LogP contribution in [-0.4, -0.2) is 67.6 Å². The molecular weight excluding hydrogens is 533 g/mol. The third kappa shape index (κ3) is 7.93. The van der Waals surface area contributed by atoms with E-state index in [1.807, 2.05) is 0 Å². The van der Waals surface area contributed by atoms with Gasteiger partial charge in [-0.2, -0.15) is 17.7 Å². The van der Waals surface area contributed by atoms with Gasteiger partial charge in [0.1, 0.15) is 17.5 Å². The number of carbonyl (C=O) groups excluding carboxylic acids is 2. The molecule has 3 aromatic heterocycles. The maximum Gasteiger partial charge on any atom is 0.453 e. The van der Waals surface area contributed by atoms with Gasteiger partial charge in [-0.05, 0) is 64.7 Å². The molecule has 0 atom stereocenters. The minimum atomic E-state index is -4.69. The first-order valence-electron chi connectivity index (χ1n) is 12.8. The van der Waals surface area contributed by atoms with Crippen LogP contribution in [0.2, 0.25) is 0 Å². The van der Waals surface area contributed by atoms with Gasteiger partial charge in [0.25, 0.3) is 11.7 Å². The fourth-order valence-electron chi connectivity index (χ4n) is 4.08. The van der Waals surface area contributed by atoms with Crippen molar-refractivity contribution in [2.24, 2.45) is 0 Å². The Morgan fingerprint density at radius 2 is 1.77 bits per heavy atom. The number of nitrogens with zero attached hydrogens (tertiary/aromatic N) is 5. The number of carbonyl (C=O) groups is 2. The number of fused-ring (bicyclic) bond motifs is 1. The van der Waals surface area contributed by atoms with Crippen LogP contribution in [0.15, 0.2) is 30.5 Å². The lowest BCUT2D eigenvalue weighted by molar-refractivity contribution is -0.146. The molecule has 3 aromatic rings. The third-order valence-corrected chi connectivity index (χ3v) is 5.91. The molecule has 216 valence electrons. The largest absolute Gasteiger partial charge is 0.473 e. The van der Waals surface area contributed by atoms with Crippen molar-refractivity contribution in [3.05, 3.63) is 41.9 Å². The molecule has 0 radical (unpaired) electrons. The van der Waals surface area contributed by atoms with Gasteiger partial charge in [0, 0.05) is 31.4 Å². The summed E-state index contributed by atoms with van der Waals surface area (Å²) in [5.41, 5.74) is -0.190. The van der Waals surface area contributed by atoms with Crippen LogP contribution in [0, 0.1) is 0 Å². The number of anilines is 1. The molecule has 1 fully saturated rings. The topological polar surface area (TPSA) is 145 Å². The highest BCUT2D eigenvalue weighted by atomic mass is 19.4. The van der Waals surface area contributed by atoms with Crippen molar-refractivity contribution >= 4 is 23.5 Å². The van der Waals surface area contributed by atoms with E-state index in [9.17, 15) is 22.8 Å². The number of aromatic nitrogens is 5. The molecule has 15 heteroatoms. The second kappa shape index (κ2) is 11.9. The maximum absolute atomic E-state index is 13.1. The first-order chi connectivity index (χ1) is 18.9. The highest BCUT2D eigenvalue weighted by Gasteiger charge is 2.38. The minimum absolute atomic E-state index is 0.0281. The molecule has 0 saturated heterocycles. The number of halogens is 3. The fourth-order valence-corrected chi connectivity index (χ4v) is 4.08. The number of alkyl halides is 3. The van der Waals surface area contributed by atoms with Crippen molar-refractivity contribution in [1.29, 1.82) is 0 Å². The van der Waals surface area contributed by atoms with E-state index in [1.54, 1.807) is 32.9 Å². The van der Waals surface area contributed by atoms with Gasteiger partial charge in [-0.3, -0.25) is 4.79 Å². The number of hydrogen-bond acceptors (Lipinski definition) is 9. The summed E-state index contributed by atoms with van der Waals surface area (Å²) in [5.74, 6) is -0.867. The quantitative estimate of drug-likeness (QED) is 0.350. The molecule has 0 unspecified atom stereocenters. The standard InChI is InChI=1S/C25H31F3N8O4/c1-24(2,3)40-23(38)30-13-12-29-18-9-4-15(14-31-18)21(37)32-16-5-7-17(8-6-16)39-20-11-10-19-33-34-22(25(26,27)28)36(19)35-20/h4,9-11,14,16-17H,5-8,12-13H2,1-3H3,(H,29,31)(H,30,38)(H,32,37)/t16-,17-. The van der Waals surface area contributed by atoms with Crippen molar-refractivity contribution < 1.29 is 32.2 Å². The number of pyridine rings is 1. The molecule has 0 spiro atoms. The average Bonchev–Trinajstić information content (AvgIpc) is 3.31. The lowest BCUT2D eigenvalue weighted by atomic mass is 9.92. The van der Waals surface area contributed by atoms with Crippen LogP contribution in [0.5, 0.6) is 5.88 Å². The second-order valence-corrected chi connectivity index (χ2v) is 10.3. The normalized spacial score (nSPS) is 17.8. The molecule has 2 amide bonds. The highest BCUT2D eigenvalue weighted by molar-refractivity contribution is 5.94. The zero-order valence-electron chi connectivity index (χ0n) is 22.3. The van der Waals surface area contributed by atoms with Crippen molar-refractivity contribution in [1.82, 2.24) is 35.4 Å². The van der Waals surface area contributed by atoms with E-state index in [2.05, 4.69) is 36.2 Å². The van der Waals surface area contributed by atoms with Crippen molar-refractivity contribution in [2.45, 2.75) is 70.4 Å². The monoisotopic (exact) mass is 564 g/mol. The van der Waals surface area contributed by atoms with Gasteiger partial charge in [0.15, 0.2) is 5.65 Å². The zero-order chi connectivity index (χ0) is 28.9. The Kier molecular flexibility index (Phi) is 8.59. The minimum Gasteiger partial charge on any atom is -0.473 e. The van der Waals surface area contributed by atoms with Gasteiger partial charge in [-0.15, -0.1) is 15.3 Å². The SMILES string of the molecule is CC(C)(C)OC(=O)NCCNc1ccc(C(=O)N[C@H]2CC[C@H](Oc3ccc4nnc(C(F)(F)F)n4n3)CC2)cn1. The second-order valence-electron chi connectivity index (χ2n) is 10.3. The highest BCUT2D eigenvalue weighted by Crippen LogP contribution is 2.28. The van der Waals surface area contributed by atoms with Gasteiger partial charge in [0.2, 0.25) is 5.88 Å². The van der Waals surface area contributed by atoms with Crippen molar-refractivity contribution in [3.63, 3.8) is 0 Å². The summed E-state index contributed by atoms with van der Waals surface area (Å²) in [6.45, 7) is 6.12. The molecule has 3 N–H and O–H groups in total. The summed E-state index contributed by atoms with van der Waals surface area (Å²) in [4.78, 5) is 28.6. The molecule has 1 aliphatic rings. The number of rotatable bonds is 8. The van der Waals surface area contributed by atoms with Gasteiger partial charge in [0.05, 0.1) is 5.56 Å². The Labute approximate surface area is 228 Å². The number of ether oxygens (including phenoxy) is 2. The van der Waals surface area contributed by atoms with Gasteiger partial charge < -0.3 is 25.4 Å². The van der Waals surface area contributed by atoms with E-state index in [0.717, 1.165) is 0 Å². The van der Waals surface area contributed by atoms with Crippen LogP contribution in [0.4, 0.5) is 23.8 Å². The Balaban J connectivity index is 1.19. The van der Waals surface area contributed by atoms with Gasteiger partial charge >= 0.3 is 12.3 Å². The zero-order valence-corrected chi connectivity index (χ0v) is 22.3. The molecule has 4 rings (SSSR count). The van der Waals surface area contributed by atoms with E-state index < -0.39 is 23.7 Å². The van der Waals surface area contributed by atoms with E-state index in [0.29, 0.717) is 54.7 Å². The smallest absolute Gasteiger partial charge is 0.453 e. The Morgan fingerprint density at radius 3 is 2.42 bits per heavy atom. The van der Waals surface area contributed by atoms with Crippen LogP contribution < -0.4 is 20.7 Å². The van der Waals surface area contributed by atoms with Crippen LogP contribution in [-0.2, 0) is 10.9 Å². The summed E-state index contributed by atoms with van der Waals surface area (Å²) in [6, 6.07) is 6.08. The van der Waals surface area contributed by atoms with E-state index in [4.69, 9.17) is 9.47 Å². The van der Waals surface area contributed by atoms with Crippen LogP contribution >= 0.6 is 0 Å². The third-order valence-electron chi connectivity index (χ3n) is 5.91. The summed E-state index contributed by atoms with van der Waals surface area (Å²) < 4.78 is 50.9. The number of amides is 2. The molecule has 1 aliphatic carbocycles. The summed E-state index contributed by atoms with van der Waals surface area (Å²) in [6.07, 6.45) is -1.51. The lowest BCUT2D eigenvalue weighted by Gasteiger charge is -2.29. The first kappa shape index (κ1) is 28.8. The molecule has 3 heterocycles. The molecule has 12 nitrogen and oxygen atoms in total. The molecular formula is C25H31F3N8O4. The van der Waals surface area contributed by atoms with Crippen molar-refractivity contribution in [3.8, 4) is 5.88 Å². The summed E-state index contributed by atoms with van der Waals surface area (Å²) >= 11 is 0. The van der Waals surface area contributed by atoms with Crippen LogP contribution in [0.1, 0.15) is 62.6 Å². The number of alkyl carbamates (subject to hydrolysis) is 1. The van der Waals surface area contributed by atoms with Crippen molar-refractivity contribution in [2.75, 3.05) is 18.4 Å². The lowest BCUT2D eigenvalue weighted by Crippen LogP contribution is -2.39. The molecule has 1 saturated carbocycles. The molecule has 0 aromatic carbocycles. The Morgan fingerprint density at radius 1 is 1.02 bits per heavy atom. The van der Waals surface area contributed by atoms with Crippen LogP contribution in [0.25, 0.3) is 5.65 Å². The average molecular weight is 565 g/mol. The predicted octanol–water partition coefficient (Wildman–Crippen LogP) is 3.59. The number of nitrogens with one attached hydrogen (secondary N) is 3. The fraction of sp³-hybridized carbons (Fsp3) is 0.520. The Bertz CT molecular complexity index is 1320. The van der Waals surface area contributed by atoms with E-state index in [-0.39, 0.29) is 29.6 Å². The van der Waals surface area contributed by atoms with E-state index in [1.165, 1.54) is 18.3 Å². The van der Waals surface area contributed by atoms with Crippen LogP contribution in [0.3, 0.4) is 0 Å². The van der Waals surface area contributed by atoms with E-state index >= 15 is 0 Å². The number of hydrogen-bond donors (Lipinski definition) is 3. The molecule has 0 bridgehead atoms. The summed E-state index contributed by atoms with van der Waals surface area (Å²) in [7, 11) is 0. The Hall–Kier alpha value is -4.17. The predicted molar refractivity (Wildman–Crippen MR) is 137 cm³/mol. The maximum atomic E-state index is 13.1. The molecule has 0 aliphatic heterocycles. The first-order valence-corrected chi connectivity index (χ1v) is 12.8. The van der Waals surface area contributed by atoms with Gasteiger partial charge in [-0.25, -0.2) is 9.78 Å². The summed E-state index contributed by atoms with van der Waals surface area (Å²) in [5, 5.41) is 19.2.